The first kappa shape index (κ1) is 28.9. The molecule has 0 spiro atoms. The van der Waals surface area contributed by atoms with Crippen molar-refractivity contribution >= 4 is 5.97 Å². The molecule has 3 nitrogen and oxygen atoms in total. The lowest BCUT2D eigenvalue weighted by Gasteiger charge is -2.33. The number of nitrogens with zero attached hydrogens (tertiary/aromatic N) is 1. The summed E-state index contributed by atoms with van der Waals surface area (Å²) in [5.41, 5.74) is 0. The van der Waals surface area contributed by atoms with Crippen LogP contribution in [-0.4, -0.2) is 43.7 Å². The van der Waals surface area contributed by atoms with Crippen LogP contribution >= 0.6 is 0 Å². The lowest BCUT2D eigenvalue weighted by atomic mass is 10.1. The molecule has 0 aliphatic heterocycles. The van der Waals surface area contributed by atoms with E-state index in [-0.39, 0.29) is 18.4 Å². The predicted octanol–water partition coefficient (Wildman–Crippen LogP) is 3.50. The standard InChI is InChI=1S/C23H48NO2.ClH/c1-5-8-11-12-13-14-15-16-17-18-21-26-23(25)22-24(4,19-9-6-2)20-10-7-3;/h5-22H2,1-4H3;1H/q+1;/p-1. The zero-order valence-corrected chi connectivity index (χ0v) is 19.6. The summed E-state index contributed by atoms with van der Waals surface area (Å²) in [4.78, 5) is 12.2. The van der Waals surface area contributed by atoms with Gasteiger partial charge in [-0.25, -0.2) is 4.79 Å². The second-order valence-corrected chi connectivity index (χ2v) is 8.33. The Labute approximate surface area is 176 Å². The minimum absolute atomic E-state index is 0. The molecule has 0 unspecified atom stereocenters. The molecule has 0 N–H and O–H groups in total. The molecule has 0 atom stereocenters. The highest BCUT2D eigenvalue weighted by Crippen LogP contribution is 2.12. The molecule has 164 valence electrons. The van der Waals surface area contributed by atoms with Gasteiger partial charge >= 0.3 is 5.97 Å². The topological polar surface area (TPSA) is 26.3 Å². The van der Waals surface area contributed by atoms with E-state index in [2.05, 4.69) is 27.8 Å². The van der Waals surface area contributed by atoms with Gasteiger partial charge in [0.1, 0.15) is 0 Å². The van der Waals surface area contributed by atoms with Crippen LogP contribution in [0.5, 0.6) is 0 Å². The molecule has 0 aliphatic rings. The highest BCUT2D eigenvalue weighted by atomic mass is 35.5. The third-order valence-electron chi connectivity index (χ3n) is 5.37. The van der Waals surface area contributed by atoms with Crippen molar-refractivity contribution in [1.29, 1.82) is 0 Å². The SMILES string of the molecule is CCCCCCCCCCCCOC(=O)C[N+](C)(CCCC)CCCC.[Cl-]. The molecule has 0 aliphatic carbocycles. The van der Waals surface area contributed by atoms with Crippen molar-refractivity contribution in [2.24, 2.45) is 0 Å². The van der Waals surface area contributed by atoms with Crippen LogP contribution in [0.15, 0.2) is 0 Å². The second-order valence-electron chi connectivity index (χ2n) is 8.33. The molecule has 0 aromatic carbocycles. The Morgan fingerprint density at radius 2 is 1.07 bits per heavy atom. The zero-order chi connectivity index (χ0) is 19.5. The Balaban J connectivity index is 0. The van der Waals surface area contributed by atoms with Gasteiger partial charge in [0.05, 0.1) is 26.7 Å². The monoisotopic (exact) mass is 405 g/mol. The first-order valence-corrected chi connectivity index (χ1v) is 11.6. The molecule has 0 amide bonds. The average molecular weight is 406 g/mol. The van der Waals surface area contributed by atoms with E-state index in [4.69, 9.17) is 4.74 Å². The molecular weight excluding hydrogens is 358 g/mol. The maximum absolute atomic E-state index is 12.2. The van der Waals surface area contributed by atoms with Gasteiger partial charge in [0.15, 0.2) is 6.54 Å². The number of rotatable bonds is 19. The van der Waals surface area contributed by atoms with Crippen LogP contribution in [0.4, 0.5) is 0 Å². The number of likely N-dealkylation sites (N-methyl/N-ethyl adjacent to an activating group) is 1. The van der Waals surface area contributed by atoms with Crippen LogP contribution in [0.1, 0.15) is 111 Å². The average Bonchev–Trinajstić information content (AvgIpc) is 2.63. The van der Waals surface area contributed by atoms with E-state index in [0.29, 0.717) is 13.2 Å². The number of carbonyl (C=O) groups excluding carboxylic acids is 1. The van der Waals surface area contributed by atoms with Crippen LogP contribution < -0.4 is 12.4 Å². The minimum atomic E-state index is -0.00405. The third-order valence-corrected chi connectivity index (χ3v) is 5.37. The summed E-state index contributed by atoms with van der Waals surface area (Å²) in [6.45, 7) is 10.0. The summed E-state index contributed by atoms with van der Waals surface area (Å²) < 4.78 is 6.36. The molecule has 0 saturated carbocycles. The predicted molar refractivity (Wildman–Crippen MR) is 113 cm³/mol. The second kappa shape index (κ2) is 20.5. The summed E-state index contributed by atoms with van der Waals surface area (Å²) in [7, 11) is 2.22. The fourth-order valence-electron chi connectivity index (χ4n) is 3.48. The number of unbranched alkanes of at least 4 members (excludes halogenated alkanes) is 11. The van der Waals surface area contributed by atoms with E-state index in [1.54, 1.807) is 0 Å². The van der Waals surface area contributed by atoms with Crippen LogP contribution in [0.25, 0.3) is 0 Å². The first-order valence-electron chi connectivity index (χ1n) is 11.6. The lowest BCUT2D eigenvalue weighted by Crippen LogP contribution is -3.00. The van der Waals surface area contributed by atoms with Gasteiger partial charge in [-0.2, -0.15) is 0 Å². The smallest absolute Gasteiger partial charge is 0.361 e. The Hall–Kier alpha value is -0.280. The molecule has 0 fully saturated rings. The van der Waals surface area contributed by atoms with Gasteiger partial charge in [-0.3, -0.25) is 0 Å². The summed E-state index contributed by atoms with van der Waals surface area (Å²) in [6, 6.07) is 0. The number of quaternary nitrogens is 1. The van der Waals surface area contributed by atoms with Gasteiger partial charge in [0.25, 0.3) is 0 Å². The number of halogens is 1. The Morgan fingerprint density at radius 3 is 1.52 bits per heavy atom. The maximum Gasteiger partial charge on any atom is 0.361 e. The van der Waals surface area contributed by atoms with Crippen molar-refractivity contribution in [1.82, 2.24) is 0 Å². The fraction of sp³-hybridized carbons (Fsp3) is 0.957. The number of esters is 1. The molecule has 4 heteroatoms. The minimum Gasteiger partial charge on any atom is -1.00 e. The Kier molecular flexibility index (Phi) is 21.9. The van der Waals surface area contributed by atoms with Gasteiger partial charge in [-0.15, -0.1) is 0 Å². The van der Waals surface area contributed by atoms with E-state index in [1.165, 1.54) is 83.5 Å². The lowest BCUT2D eigenvalue weighted by molar-refractivity contribution is -0.903. The first-order chi connectivity index (χ1) is 12.6. The van der Waals surface area contributed by atoms with Gasteiger partial charge in [0.2, 0.25) is 0 Å². The molecule has 0 saturated heterocycles. The van der Waals surface area contributed by atoms with Gasteiger partial charge in [0, 0.05) is 0 Å². The van der Waals surface area contributed by atoms with E-state index in [1.807, 2.05) is 0 Å². The molecule has 0 heterocycles. The van der Waals surface area contributed by atoms with E-state index < -0.39 is 0 Å². The highest BCUT2D eigenvalue weighted by Gasteiger charge is 2.25. The van der Waals surface area contributed by atoms with Gasteiger partial charge < -0.3 is 21.6 Å². The molecule has 0 aromatic heterocycles. The third kappa shape index (κ3) is 18.8. The van der Waals surface area contributed by atoms with Crippen LogP contribution in [0.3, 0.4) is 0 Å². The zero-order valence-electron chi connectivity index (χ0n) is 18.9. The largest absolute Gasteiger partial charge is 1.00 e. The number of carbonyl (C=O) groups is 1. The summed E-state index contributed by atoms with van der Waals surface area (Å²) in [5.74, 6) is -0.00405. The van der Waals surface area contributed by atoms with Crippen molar-refractivity contribution < 1.29 is 26.4 Å². The van der Waals surface area contributed by atoms with Crippen LogP contribution in [0, 0.1) is 0 Å². The summed E-state index contributed by atoms with van der Waals surface area (Å²) in [5, 5.41) is 0. The van der Waals surface area contributed by atoms with Crippen molar-refractivity contribution in [3.63, 3.8) is 0 Å². The van der Waals surface area contributed by atoms with Gasteiger partial charge in [-0.1, -0.05) is 91.4 Å². The van der Waals surface area contributed by atoms with E-state index >= 15 is 0 Å². The molecule has 0 bridgehead atoms. The van der Waals surface area contributed by atoms with E-state index in [0.717, 1.165) is 24.0 Å². The number of hydrogen-bond donors (Lipinski definition) is 0. The van der Waals surface area contributed by atoms with Crippen LogP contribution in [-0.2, 0) is 9.53 Å². The normalized spacial score (nSPS) is 11.3. The quantitative estimate of drug-likeness (QED) is 0.187. The number of hydrogen-bond acceptors (Lipinski definition) is 2. The van der Waals surface area contributed by atoms with Crippen molar-refractivity contribution in [3.8, 4) is 0 Å². The Bertz CT molecular complexity index is 316. The molecule has 0 aromatic rings. The van der Waals surface area contributed by atoms with Gasteiger partial charge in [-0.05, 0) is 19.3 Å². The van der Waals surface area contributed by atoms with Crippen molar-refractivity contribution in [3.05, 3.63) is 0 Å². The molecule has 27 heavy (non-hydrogen) atoms. The molecule has 0 rings (SSSR count). The maximum atomic E-state index is 12.2. The Morgan fingerprint density at radius 1 is 0.667 bits per heavy atom. The summed E-state index contributed by atoms with van der Waals surface area (Å²) in [6.07, 6.45) is 17.9. The van der Waals surface area contributed by atoms with Crippen molar-refractivity contribution in [2.45, 2.75) is 111 Å². The number of ether oxygens (including phenoxy) is 1. The van der Waals surface area contributed by atoms with Crippen LogP contribution in [0.2, 0.25) is 0 Å². The van der Waals surface area contributed by atoms with E-state index in [9.17, 15) is 4.79 Å². The van der Waals surface area contributed by atoms with Crippen molar-refractivity contribution in [2.75, 3.05) is 33.3 Å². The summed E-state index contributed by atoms with van der Waals surface area (Å²) >= 11 is 0. The highest BCUT2D eigenvalue weighted by molar-refractivity contribution is 5.70. The molecule has 0 radical (unpaired) electrons. The molecular formula is C23H48ClNO2. The fourth-order valence-corrected chi connectivity index (χ4v) is 3.48.